The van der Waals surface area contributed by atoms with Gasteiger partial charge in [-0.2, -0.15) is 0 Å². The molecule has 0 aliphatic carbocycles. The Labute approximate surface area is 116 Å². The molecule has 0 spiro atoms. The quantitative estimate of drug-likeness (QED) is 0.860. The molecule has 1 aromatic heterocycles. The minimum absolute atomic E-state index is 0.00972. The summed E-state index contributed by atoms with van der Waals surface area (Å²) in [5, 5.41) is 0. The Bertz CT molecular complexity index is 411. The van der Waals surface area contributed by atoms with Crippen molar-refractivity contribution >= 4 is 21.8 Å². The van der Waals surface area contributed by atoms with Crippen molar-refractivity contribution in [3.05, 3.63) is 22.6 Å². The first kappa shape index (κ1) is 13.6. The Balaban J connectivity index is 1.92. The van der Waals surface area contributed by atoms with Gasteiger partial charge >= 0.3 is 0 Å². The molecule has 1 aliphatic rings. The first-order valence-electron chi connectivity index (χ1n) is 6.40. The Morgan fingerprint density at radius 2 is 2.06 bits per heavy atom. The maximum Gasteiger partial charge on any atom is 0.289 e. The molecular weight excluding hydrogens is 296 g/mol. The van der Waals surface area contributed by atoms with E-state index in [2.05, 4.69) is 34.7 Å². The standard InChI is InChI=1S/C13H19BrN2O2/c1-3-10(2)15-6-8-16(9-7-15)13(17)11-4-5-12(14)18-11/h4-5,10H,3,6-9H2,1-2H3. The van der Waals surface area contributed by atoms with Crippen LogP contribution >= 0.6 is 15.9 Å². The highest BCUT2D eigenvalue weighted by Gasteiger charge is 2.25. The number of hydrogen-bond acceptors (Lipinski definition) is 3. The van der Waals surface area contributed by atoms with Gasteiger partial charge in [-0.15, -0.1) is 0 Å². The molecule has 1 amide bonds. The maximum atomic E-state index is 12.2. The van der Waals surface area contributed by atoms with Crippen LogP contribution in [0.3, 0.4) is 0 Å². The molecule has 0 N–H and O–H groups in total. The highest BCUT2D eigenvalue weighted by Crippen LogP contribution is 2.17. The van der Waals surface area contributed by atoms with Crippen molar-refractivity contribution in [3.8, 4) is 0 Å². The molecule has 2 heterocycles. The van der Waals surface area contributed by atoms with Gasteiger partial charge in [0.25, 0.3) is 5.91 Å². The first-order chi connectivity index (χ1) is 8.61. The van der Waals surface area contributed by atoms with Crippen LogP contribution in [0.15, 0.2) is 21.2 Å². The highest BCUT2D eigenvalue weighted by atomic mass is 79.9. The number of piperazine rings is 1. The second kappa shape index (κ2) is 5.89. The molecule has 0 aromatic carbocycles. The lowest BCUT2D eigenvalue weighted by Crippen LogP contribution is -2.51. The van der Waals surface area contributed by atoms with E-state index in [4.69, 9.17) is 4.42 Å². The molecule has 2 rings (SSSR count). The van der Waals surface area contributed by atoms with E-state index in [0.29, 0.717) is 16.5 Å². The Morgan fingerprint density at radius 1 is 1.39 bits per heavy atom. The largest absolute Gasteiger partial charge is 0.444 e. The summed E-state index contributed by atoms with van der Waals surface area (Å²) >= 11 is 3.22. The van der Waals surface area contributed by atoms with E-state index in [0.717, 1.165) is 32.6 Å². The molecule has 1 atom stereocenters. The summed E-state index contributed by atoms with van der Waals surface area (Å²) in [4.78, 5) is 16.4. The maximum absolute atomic E-state index is 12.2. The van der Waals surface area contributed by atoms with Crippen LogP contribution in [0.5, 0.6) is 0 Å². The molecule has 1 aliphatic heterocycles. The van der Waals surface area contributed by atoms with Crippen LogP contribution in [-0.2, 0) is 0 Å². The fraction of sp³-hybridized carbons (Fsp3) is 0.615. The molecule has 0 radical (unpaired) electrons. The minimum atomic E-state index is -0.00972. The molecule has 100 valence electrons. The third-order valence-corrected chi connectivity index (χ3v) is 4.03. The van der Waals surface area contributed by atoms with Crippen LogP contribution in [0.2, 0.25) is 0 Å². The Hall–Kier alpha value is -0.810. The van der Waals surface area contributed by atoms with Gasteiger partial charge in [-0.25, -0.2) is 0 Å². The number of halogens is 1. The number of nitrogens with zero attached hydrogens (tertiary/aromatic N) is 2. The molecule has 1 fully saturated rings. The minimum Gasteiger partial charge on any atom is -0.444 e. The van der Waals surface area contributed by atoms with E-state index < -0.39 is 0 Å². The van der Waals surface area contributed by atoms with Gasteiger partial charge in [0, 0.05) is 32.2 Å². The van der Waals surface area contributed by atoms with Crippen molar-refractivity contribution in [2.75, 3.05) is 26.2 Å². The summed E-state index contributed by atoms with van der Waals surface area (Å²) in [5.41, 5.74) is 0. The topological polar surface area (TPSA) is 36.7 Å². The third kappa shape index (κ3) is 2.95. The van der Waals surface area contributed by atoms with Gasteiger partial charge in [0.2, 0.25) is 0 Å². The summed E-state index contributed by atoms with van der Waals surface area (Å²) in [7, 11) is 0. The van der Waals surface area contributed by atoms with Crippen molar-refractivity contribution < 1.29 is 9.21 Å². The summed E-state index contributed by atoms with van der Waals surface area (Å²) in [6.07, 6.45) is 1.15. The van der Waals surface area contributed by atoms with E-state index in [9.17, 15) is 4.79 Å². The van der Waals surface area contributed by atoms with Gasteiger partial charge < -0.3 is 9.32 Å². The zero-order valence-corrected chi connectivity index (χ0v) is 12.4. The third-order valence-electron chi connectivity index (χ3n) is 3.60. The van der Waals surface area contributed by atoms with Gasteiger partial charge in [0.1, 0.15) is 0 Å². The zero-order valence-electron chi connectivity index (χ0n) is 10.9. The Kier molecular flexibility index (Phi) is 4.45. The monoisotopic (exact) mass is 314 g/mol. The van der Waals surface area contributed by atoms with Gasteiger partial charge in [-0.1, -0.05) is 6.92 Å². The molecular formula is C13H19BrN2O2. The van der Waals surface area contributed by atoms with E-state index >= 15 is 0 Å². The summed E-state index contributed by atoms with van der Waals surface area (Å²) in [5.74, 6) is 0.406. The molecule has 1 aromatic rings. The molecule has 5 heteroatoms. The Morgan fingerprint density at radius 3 is 2.56 bits per heavy atom. The first-order valence-corrected chi connectivity index (χ1v) is 7.19. The van der Waals surface area contributed by atoms with Crippen molar-refractivity contribution in [3.63, 3.8) is 0 Å². The van der Waals surface area contributed by atoms with Crippen molar-refractivity contribution in [1.29, 1.82) is 0 Å². The number of furan rings is 1. The van der Waals surface area contributed by atoms with Gasteiger partial charge in [0.05, 0.1) is 0 Å². The molecule has 0 bridgehead atoms. The van der Waals surface area contributed by atoms with E-state index in [1.807, 2.05) is 4.90 Å². The number of carbonyl (C=O) groups is 1. The van der Waals surface area contributed by atoms with Crippen molar-refractivity contribution in [2.24, 2.45) is 0 Å². The highest BCUT2D eigenvalue weighted by molar-refractivity contribution is 9.10. The fourth-order valence-electron chi connectivity index (χ4n) is 2.21. The normalized spacial score (nSPS) is 18.9. The summed E-state index contributed by atoms with van der Waals surface area (Å²) in [6, 6.07) is 4.07. The lowest BCUT2D eigenvalue weighted by molar-refractivity contribution is 0.0549. The summed E-state index contributed by atoms with van der Waals surface area (Å²) < 4.78 is 5.91. The van der Waals surface area contributed by atoms with Crippen LogP contribution < -0.4 is 0 Å². The number of carbonyl (C=O) groups excluding carboxylic acids is 1. The zero-order chi connectivity index (χ0) is 13.1. The van der Waals surface area contributed by atoms with Crippen molar-refractivity contribution in [1.82, 2.24) is 9.80 Å². The molecule has 18 heavy (non-hydrogen) atoms. The lowest BCUT2D eigenvalue weighted by atomic mass is 10.2. The number of hydrogen-bond donors (Lipinski definition) is 0. The van der Waals surface area contributed by atoms with Crippen molar-refractivity contribution in [2.45, 2.75) is 26.3 Å². The van der Waals surface area contributed by atoms with Crippen LogP contribution in [0.4, 0.5) is 0 Å². The van der Waals surface area contributed by atoms with Crippen LogP contribution in [-0.4, -0.2) is 47.9 Å². The predicted molar refractivity (Wildman–Crippen MR) is 73.6 cm³/mol. The molecule has 1 unspecified atom stereocenters. The molecule has 1 saturated heterocycles. The average molecular weight is 315 g/mol. The predicted octanol–water partition coefficient (Wildman–Crippen LogP) is 2.60. The number of amides is 1. The van der Waals surface area contributed by atoms with E-state index in [1.54, 1.807) is 12.1 Å². The lowest BCUT2D eigenvalue weighted by Gasteiger charge is -2.37. The van der Waals surface area contributed by atoms with Gasteiger partial charge in [0.15, 0.2) is 10.4 Å². The number of rotatable bonds is 3. The second-order valence-electron chi connectivity index (χ2n) is 4.69. The molecule has 4 nitrogen and oxygen atoms in total. The van der Waals surface area contributed by atoms with Crippen LogP contribution in [0, 0.1) is 0 Å². The molecule has 0 saturated carbocycles. The second-order valence-corrected chi connectivity index (χ2v) is 5.47. The SMILES string of the molecule is CCC(C)N1CCN(C(=O)c2ccc(Br)o2)CC1. The smallest absolute Gasteiger partial charge is 0.289 e. The van der Waals surface area contributed by atoms with E-state index in [-0.39, 0.29) is 5.91 Å². The average Bonchev–Trinajstić information content (AvgIpc) is 2.84. The fourth-order valence-corrected chi connectivity index (χ4v) is 2.52. The van der Waals surface area contributed by atoms with E-state index in [1.165, 1.54) is 0 Å². The van der Waals surface area contributed by atoms with Crippen LogP contribution in [0.25, 0.3) is 0 Å². The van der Waals surface area contributed by atoms with Crippen LogP contribution in [0.1, 0.15) is 30.8 Å². The van der Waals surface area contributed by atoms with Gasteiger partial charge in [-0.05, 0) is 41.4 Å². The summed E-state index contributed by atoms with van der Waals surface area (Å²) in [6.45, 7) is 7.89. The van der Waals surface area contributed by atoms with Gasteiger partial charge in [-0.3, -0.25) is 9.69 Å².